The number of fused-ring (bicyclic) bond motifs is 4. The fourth-order valence-electron chi connectivity index (χ4n) is 9.39. The molecule has 0 nitrogen and oxygen atoms in total. The van der Waals surface area contributed by atoms with Crippen molar-refractivity contribution in [3.8, 4) is 0 Å². The van der Waals surface area contributed by atoms with Crippen molar-refractivity contribution in [2.24, 2.45) is 0 Å². The molecule has 0 aliphatic carbocycles. The molecule has 0 aromatic heterocycles. The molecule has 0 saturated heterocycles. The topological polar surface area (TPSA) is 0 Å². The van der Waals surface area contributed by atoms with Gasteiger partial charge in [-0.15, -0.1) is 136 Å². The predicted octanol–water partition coefficient (Wildman–Crippen LogP) is 14.0. The molecule has 0 amide bonds. The van der Waals surface area contributed by atoms with Gasteiger partial charge in [0.1, 0.15) is 0 Å². The first kappa shape index (κ1) is 66.1. The molecule has 8 aromatic rings. The van der Waals surface area contributed by atoms with Gasteiger partial charge in [-0.25, -0.2) is 0 Å². The molecule has 0 N–H and O–H groups in total. The maximum absolute atomic E-state index is 2.33. The number of halogens is 2. The van der Waals surface area contributed by atoms with E-state index in [1.807, 2.05) is 0 Å². The first-order valence-electron chi connectivity index (χ1n) is 25.2. The van der Waals surface area contributed by atoms with Crippen molar-refractivity contribution in [2.45, 2.75) is 188 Å². The van der Waals surface area contributed by atoms with Gasteiger partial charge in [0, 0.05) is 0 Å². The summed E-state index contributed by atoms with van der Waals surface area (Å²) in [6.45, 7) is 54.0. The van der Waals surface area contributed by atoms with Crippen LogP contribution in [0.4, 0.5) is 0 Å². The minimum Gasteiger partial charge on any atom is -1.00 e. The third-order valence-electron chi connectivity index (χ3n) is 13.8. The second kappa shape index (κ2) is 29.3. The van der Waals surface area contributed by atoms with Crippen LogP contribution in [0.1, 0.15) is 168 Å². The van der Waals surface area contributed by atoms with Gasteiger partial charge >= 0.3 is 83.7 Å². The summed E-state index contributed by atoms with van der Waals surface area (Å²) in [5.74, 6) is 2.42. The summed E-state index contributed by atoms with van der Waals surface area (Å²) >= 11 is 3.48. The average molecular weight is 1170 g/mol. The molecular weight excluding hydrogens is 1080 g/mol. The summed E-state index contributed by atoms with van der Waals surface area (Å²) in [6, 6.07) is 27.4. The van der Waals surface area contributed by atoms with E-state index in [0.29, 0.717) is 23.7 Å². The van der Waals surface area contributed by atoms with E-state index in [1.54, 1.807) is 46.7 Å². The second-order valence-corrected chi connectivity index (χ2v) is 40.2. The maximum Gasteiger partial charge on any atom is -0.0308 e. The van der Waals surface area contributed by atoms with Crippen LogP contribution in [0.3, 0.4) is 0 Å². The van der Waals surface area contributed by atoms with Crippen LogP contribution < -0.4 is 24.8 Å². The molecule has 0 spiro atoms. The molecule has 0 bridgehead atoms. The molecule has 376 valence electrons. The zero-order chi connectivity index (χ0) is 51.8. The predicted molar refractivity (Wildman–Crippen MR) is 306 cm³/mol. The third kappa shape index (κ3) is 16.6. The molecule has 8 aromatic carbocycles. The van der Waals surface area contributed by atoms with Crippen LogP contribution in [0, 0.1) is 83.1 Å². The molecule has 0 aliphatic rings. The summed E-state index contributed by atoms with van der Waals surface area (Å²) in [5.41, 5.74) is 23.4. The minimum atomic E-state index is 0. The van der Waals surface area contributed by atoms with Gasteiger partial charge in [0.05, 0.1) is 0 Å². The molecule has 8 rings (SSSR count). The third-order valence-corrected chi connectivity index (χ3v) is 13.8. The van der Waals surface area contributed by atoms with E-state index < -0.39 is 0 Å². The van der Waals surface area contributed by atoms with Crippen molar-refractivity contribution < 1.29 is 71.5 Å². The van der Waals surface area contributed by atoms with E-state index in [9.17, 15) is 0 Å². The molecule has 0 unspecified atom stereocenters. The molecule has 0 aliphatic heterocycles. The Labute approximate surface area is 471 Å². The van der Waals surface area contributed by atoms with Crippen LogP contribution >= 0.6 is 0 Å². The first-order valence-corrected chi connectivity index (χ1v) is 37.6. The van der Waals surface area contributed by atoms with Gasteiger partial charge < -0.3 is 24.8 Å². The Balaban J connectivity index is 0.000000439. The van der Waals surface area contributed by atoms with Crippen molar-refractivity contribution in [3.63, 3.8) is 0 Å². The van der Waals surface area contributed by atoms with E-state index in [2.05, 4.69) is 237 Å². The quantitative estimate of drug-likeness (QED) is 0.122. The van der Waals surface area contributed by atoms with Crippen LogP contribution in [-0.2, 0) is 46.7 Å². The second-order valence-electron chi connectivity index (χ2n) is 21.5. The molecule has 0 heterocycles. The standard InChI is InChI=1S/4C15H19.2C2H6Si.2ClH.2Zr/c4*1-9(2)13-7-6-10(3)14-8-11(4)12(5)15(13)14;2*1-3-2;;;;/h4*6-9H,1-5H3;2*1-2H3;2*1H;;/q4*-1;;;;;2*+2/p-2. The van der Waals surface area contributed by atoms with Crippen LogP contribution in [0.5, 0.6) is 0 Å². The number of benzene rings is 4. The van der Waals surface area contributed by atoms with E-state index in [0.717, 1.165) is 0 Å². The van der Waals surface area contributed by atoms with E-state index in [4.69, 9.17) is 0 Å². The Hall–Kier alpha value is -1.90. The van der Waals surface area contributed by atoms with Crippen molar-refractivity contribution in [2.75, 3.05) is 0 Å². The van der Waals surface area contributed by atoms with E-state index >= 15 is 0 Å². The van der Waals surface area contributed by atoms with Crippen LogP contribution in [0.25, 0.3) is 43.1 Å². The molecule has 0 saturated carbocycles. The van der Waals surface area contributed by atoms with Crippen molar-refractivity contribution in [3.05, 3.63) is 162 Å². The number of aryl methyl sites for hydroxylation is 12. The number of hydrogen-bond donors (Lipinski definition) is 0. The Morgan fingerprint density at radius 1 is 0.314 bits per heavy atom. The Morgan fingerprint density at radius 2 is 0.457 bits per heavy atom. The molecular formula is C64H88Cl2Si2Zr2-2. The van der Waals surface area contributed by atoms with Gasteiger partial charge in [-0.2, -0.15) is 22.3 Å². The Bertz CT molecular complexity index is 2610. The summed E-state index contributed by atoms with van der Waals surface area (Å²) in [6.07, 6.45) is 0. The largest absolute Gasteiger partial charge is 1.00 e. The van der Waals surface area contributed by atoms with Crippen molar-refractivity contribution >= 4 is 54.0 Å². The zero-order valence-electron chi connectivity index (χ0n) is 48.0. The molecule has 0 radical (unpaired) electrons. The molecule has 70 heavy (non-hydrogen) atoms. The fourth-order valence-corrected chi connectivity index (χ4v) is 9.39. The van der Waals surface area contributed by atoms with Gasteiger partial charge in [-0.05, 0) is 23.7 Å². The molecule has 6 heteroatoms. The van der Waals surface area contributed by atoms with Crippen LogP contribution in [0.2, 0.25) is 26.2 Å². The van der Waals surface area contributed by atoms with Crippen molar-refractivity contribution in [1.82, 2.24) is 0 Å². The summed E-state index contributed by atoms with van der Waals surface area (Å²) in [5, 5.41) is 11.7. The first-order chi connectivity index (χ1) is 31.5. The summed E-state index contributed by atoms with van der Waals surface area (Å²) < 4.78 is 0. The smallest absolute Gasteiger partial charge is 0.0308 e. The van der Waals surface area contributed by atoms with Gasteiger partial charge in [-0.3, -0.25) is 0 Å². The Kier molecular flexibility index (Phi) is 27.6. The maximum atomic E-state index is 2.33. The van der Waals surface area contributed by atoms with Crippen LogP contribution in [0.15, 0.2) is 72.8 Å². The van der Waals surface area contributed by atoms with E-state index in [-0.39, 0.29) is 35.7 Å². The van der Waals surface area contributed by atoms with Gasteiger partial charge in [0.25, 0.3) is 0 Å². The van der Waals surface area contributed by atoms with E-state index in [1.165, 1.54) is 132 Å². The molecule has 0 fully saturated rings. The minimum absolute atomic E-state index is 0. The number of rotatable bonds is 4. The average Bonchev–Trinajstić information content (AvgIpc) is 3.93. The summed E-state index contributed by atoms with van der Waals surface area (Å²) in [7, 11) is 0. The SMILES string of the molecule is C[Si](C)=[Zr+2].C[Si](C)=[Zr+2].Cc1[cH-]c2c(C)ccc(C(C)C)c2c1C.Cc1[cH-]c2c(C)ccc(C(C)C)c2c1C.Cc1[cH-]c2c(C)ccc(C(C)C)c2c1C.Cc1[cH-]c2c(C)ccc(C(C)C)c2c1C.[Cl-].[Cl-]. The monoisotopic (exact) mass is 1160 g/mol. The van der Waals surface area contributed by atoms with Gasteiger partial charge in [0.15, 0.2) is 0 Å². The number of hydrogen-bond acceptors (Lipinski definition) is 0. The summed E-state index contributed by atoms with van der Waals surface area (Å²) in [4.78, 5) is 0. The Morgan fingerprint density at radius 3 is 0.586 bits per heavy atom. The molecule has 0 atom stereocenters. The normalized spacial score (nSPS) is 10.7. The van der Waals surface area contributed by atoms with Gasteiger partial charge in [-0.1, -0.05) is 185 Å². The van der Waals surface area contributed by atoms with Crippen molar-refractivity contribution in [1.29, 1.82) is 0 Å². The van der Waals surface area contributed by atoms with Crippen LogP contribution in [-0.4, -0.2) is 10.9 Å². The van der Waals surface area contributed by atoms with Gasteiger partial charge in [0.2, 0.25) is 0 Å². The fraction of sp³-hybridized carbons (Fsp3) is 0.438. The zero-order valence-corrected chi connectivity index (χ0v) is 56.4.